The van der Waals surface area contributed by atoms with Gasteiger partial charge in [0.1, 0.15) is 48.8 Å². The molecule has 7 N–H and O–H groups in total. The summed E-state index contributed by atoms with van der Waals surface area (Å²) in [5.41, 5.74) is 0. The van der Waals surface area contributed by atoms with Crippen LogP contribution in [-0.2, 0) is 14.2 Å². The van der Waals surface area contributed by atoms with Crippen LogP contribution in [0.4, 0.5) is 4.79 Å². The number of nitroso groups, excluding NO2 is 1. The molecule has 2 amide bonds. The molecule has 10 atom stereocenters. The molecule has 0 radical (unpaired) electrons. The first-order valence-corrected chi connectivity index (χ1v) is 11.6. The molecule has 0 bridgehead atoms. The van der Waals surface area contributed by atoms with Crippen molar-refractivity contribution in [3.05, 3.63) is 4.91 Å². The van der Waals surface area contributed by atoms with E-state index in [2.05, 4.69) is 5.29 Å². The van der Waals surface area contributed by atoms with E-state index >= 15 is 0 Å². The largest absolute Gasteiger partial charge is 0.394 e. The molecule has 1 unspecified atom stereocenters. The van der Waals surface area contributed by atoms with E-state index in [-0.39, 0.29) is 24.9 Å². The van der Waals surface area contributed by atoms with Gasteiger partial charge in [-0.05, 0) is 5.92 Å². The van der Waals surface area contributed by atoms with Crippen LogP contribution in [0.5, 0.6) is 0 Å². The van der Waals surface area contributed by atoms with Gasteiger partial charge in [-0.1, -0.05) is 13.8 Å². The first-order chi connectivity index (χ1) is 16.5. The van der Waals surface area contributed by atoms with Crippen molar-refractivity contribution in [2.24, 2.45) is 11.2 Å². The number of halogens is 1. The zero-order chi connectivity index (χ0) is 26.4. The molecule has 0 aromatic heterocycles. The van der Waals surface area contributed by atoms with Crippen molar-refractivity contribution in [1.29, 1.82) is 0 Å². The van der Waals surface area contributed by atoms with Crippen LogP contribution in [0.3, 0.4) is 0 Å². The van der Waals surface area contributed by atoms with Gasteiger partial charge < -0.3 is 50.0 Å². The zero-order valence-electron chi connectivity index (χ0n) is 19.3. The van der Waals surface area contributed by atoms with Gasteiger partial charge in [0.15, 0.2) is 12.5 Å². The Kier molecular flexibility index (Phi) is 11.4. The number of ether oxygens (including phenoxy) is 3. The maximum Gasteiger partial charge on any atom is 0.345 e. The number of hydrogen-bond acceptors (Lipinski definition) is 13. The Bertz CT molecular complexity index is 689. The predicted octanol–water partition coefficient (Wildman–Crippen LogP) is -3.09. The van der Waals surface area contributed by atoms with Crippen molar-refractivity contribution < 1.29 is 54.8 Å². The Morgan fingerprint density at radius 1 is 0.971 bits per heavy atom. The monoisotopic (exact) mass is 531 g/mol. The van der Waals surface area contributed by atoms with E-state index in [0.717, 1.165) is 4.90 Å². The summed E-state index contributed by atoms with van der Waals surface area (Å²) in [4.78, 5) is 25.0. The average Bonchev–Trinajstić information content (AvgIpc) is 2.83. The third-order valence-corrected chi connectivity index (χ3v) is 5.88. The minimum Gasteiger partial charge on any atom is -0.394 e. The van der Waals surface area contributed by atoms with E-state index in [0.29, 0.717) is 5.01 Å². The lowest BCUT2D eigenvalue weighted by atomic mass is 9.96. The molecule has 16 heteroatoms. The third-order valence-electron chi connectivity index (χ3n) is 5.71. The molecular formula is C19H34ClN3O12. The highest BCUT2D eigenvalue weighted by Gasteiger charge is 2.52. The Morgan fingerprint density at radius 2 is 1.60 bits per heavy atom. The zero-order valence-corrected chi connectivity index (χ0v) is 20.0. The Hall–Kier alpha value is -1.24. The van der Waals surface area contributed by atoms with E-state index < -0.39 is 80.6 Å². The number of aliphatic hydroxyl groups is 7. The van der Waals surface area contributed by atoms with Crippen molar-refractivity contribution in [2.75, 3.05) is 32.2 Å². The molecule has 2 rings (SSSR count). The van der Waals surface area contributed by atoms with Crippen LogP contribution >= 0.6 is 11.6 Å². The van der Waals surface area contributed by atoms with E-state index in [4.69, 9.17) is 25.8 Å². The molecule has 2 aliphatic heterocycles. The topological polar surface area (TPSA) is 222 Å². The molecule has 2 heterocycles. The molecular weight excluding hydrogens is 498 g/mol. The van der Waals surface area contributed by atoms with E-state index in [9.17, 15) is 45.4 Å². The Morgan fingerprint density at radius 3 is 2.11 bits per heavy atom. The summed E-state index contributed by atoms with van der Waals surface area (Å²) in [6, 6.07) is -0.949. The molecule has 2 saturated heterocycles. The number of alkyl halides is 1. The van der Waals surface area contributed by atoms with Gasteiger partial charge in [0.05, 0.1) is 25.0 Å². The molecule has 204 valence electrons. The minimum absolute atomic E-state index is 0.0298. The second kappa shape index (κ2) is 13.3. The maximum absolute atomic E-state index is 12.9. The standard InChI is InChI=1S/C19H34ClN3O12/c1-8(2)5-22(19(31)23(21-32)4-3-20)17-14(29)13(28)16(10(7-25)33-17)35-18-15(30)12(27)11(26)9(6-24)34-18/h8-18,24-30H,3-7H2,1-2H3/t9-,10-,11+,12+,13-,14-,15-,16-,17?,18+/m1/s1. The van der Waals surface area contributed by atoms with Crippen molar-refractivity contribution >= 4 is 17.6 Å². The smallest absolute Gasteiger partial charge is 0.345 e. The highest BCUT2D eigenvalue weighted by molar-refractivity contribution is 6.18. The van der Waals surface area contributed by atoms with Crippen LogP contribution in [0.25, 0.3) is 0 Å². The van der Waals surface area contributed by atoms with Gasteiger partial charge in [0.25, 0.3) is 0 Å². The molecule has 0 spiro atoms. The second-order valence-corrected chi connectivity index (χ2v) is 9.13. The summed E-state index contributed by atoms with van der Waals surface area (Å²) in [5, 5.41) is 74.1. The van der Waals surface area contributed by atoms with Crippen LogP contribution in [0.15, 0.2) is 5.29 Å². The lowest BCUT2D eigenvalue weighted by Gasteiger charge is -2.48. The maximum atomic E-state index is 12.9. The normalized spacial score (nSPS) is 37.8. The highest BCUT2D eigenvalue weighted by atomic mass is 35.5. The van der Waals surface area contributed by atoms with Crippen LogP contribution in [0, 0.1) is 10.8 Å². The fourth-order valence-corrected chi connectivity index (χ4v) is 4.07. The molecule has 15 nitrogen and oxygen atoms in total. The minimum atomic E-state index is -1.82. The van der Waals surface area contributed by atoms with Crippen molar-refractivity contribution in [1.82, 2.24) is 9.91 Å². The number of carbonyl (C=O) groups excluding carboxylic acids is 1. The molecule has 2 aliphatic rings. The summed E-state index contributed by atoms with van der Waals surface area (Å²) >= 11 is 5.61. The Balaban J connectivity index is 2.27. The van der Waals surface area contributed by atoms with Gasteiger partial charge in [-0.3, -0.25) is 4.90 Å². The van der Waals surface area contributed by atoms with E-state index in [1.807, 2.05) is 0 Å². The number of rotatable bonds is 10. The average molecular weight is 532 g/mol. The molecule has 0 aliphatic carbocycles. The number of hydrogen-bond donors (Lipinski definition) is 7. The van der Waals surface area contributed by atoms with Crippen molar-refractivity contribution in [3.63, 3.8) is 0 Å². The predicted molar refractivity (Wildman–Crippen MR) is 117 cm³/mol. The lowest BCUT2D eigenvalue weighted by Crippen LogP contribution is -2.67. The number of nitrogens with zero attached hydrogens (tertiary/aromatic N) is 3. The molecule has 0 aromatic carbocycles. The first kappa shape index (κ1) is 30.0. The molecule has 2 fully saturated rings. The number of amides is 2. The van der Waals surface area contributed by atoms with Gasteiger partial charge in [-0.25, -0.2) is 4.79 Å². The quantitative estimate of drug-likeness (QED) is 0.0846. The molecule has 35 heavy (non-hydrogen) atoms. The summed E-state index contributed by atoms with van der Waals surface area (Å²) in [7, 11) is 0. The van der Waals surface area contributed by atoms with E-state index in [1.54, 1.807) is 13.8 Å². The van der Waals surface area contributed by atoms with Gasteiger partial charge in [-0.15, -0.1) is 16.5 Å². The fourth-order valence-electron chi connectivity index (χ4n) is 3.91. The molecule has 0 saturated carbocycles. The van der Waals surface area contributed by atoms with E-state index in [1.165, 1.54) is 0 Å². The van der Waals surface area contributed by atoms with Gasteiger partial charge in [0.2, 0.25) is 0 Å². The SMILES string of the molecule is CC(C)CN(C(=O)N(CCCl)N=O)C1O[C@H](CO)[C@@H](O[C@@H]2O[C@H](CO)[C@H](O)[C@H](O)[C@H]2O)[C@H](O)[C@H]1O. The van der Waals surface area contributed by atoms with Gasteiger partial charge in [0, 0.05) is 12.4 Å². The summed E-state index contributed by atoms with van der Waals surface area (Å²) in [6.45, 7) is 1.75. The second-order valence-electron chi connectivity index (χ2n) is 8.75. The van der Waals surface area contributed by atoms with Crippen LogP contribution in [0.1, 0.15) is 13.8 Å². The van der Waals surface area contributed by atoms with Gasteiger partial charge in [-0.2, -0.15) is 5.01 Å². The number of aliphatic hydroxyl groups excluding tert-OH is 7. The van der Waals surface area contributed by atoms with Crippen LogP contribution < -0.4 is 0 Å². The molecule has 0 aromatic rings. The summed E-state index contributed by atoms with van der Waals surface area (Å²) in [5.74, 6) is -0.273. The summed E-state index contributed by atoms with van der Waals surface area (Å²) < 4.78 is 16.4. The Labute approximate surface area is 206 Å². The van der Waals surface area contributed by atoms with Gasteiger partial charge >= 0.3 is 6.03 Å². The lowest BCUT2D eigenvalue weighted by molar-refractivity contribution is -0.347. The van der Waals surface area contributed by atoms with Crippen molar-refractivity contribution in [3.8, 4) is 0 Å². The van der Waals surface area contributed by atoms with Crippen molar-refractivity contribution in [2.45, 2.75) is 75.2 Å². The highest BCUT2D eigenvalue weighted by Crippen LogP contribution is 2.31. The first-order valence-electron chi connectivity index (χ1n) is 11.1. The number of urea groups is 1. The number of carbonyl (C=O) groups is 1. The fraction of sp³-hybridized carbons (Fsp3) is 0.947. The van der Waals surface area contributed by atoms with Crippen LogP contribution in [0.2, 0.25) is 0 Å². The summed E-state index contributed by atoms with van der Waals surface area (Å²) in [6.07, 6.45) is -16.3. The third kappa shape index (κ3) is 6.75. The van der Waals surface area contributed by atoms with Crippen LogP contribution in [-0.4, -0.2) is 145 Å².